The summed E-state index contributed by atoms with van der Waals surface area (Å²) in [5.74, 6) is 1.29. The summed E-state index contributed by atoms with van der Waals surface area (Å²) >= 11 is 2.97. The van der Waals surface area contributed by atoms with Crippen LogP contribution in [0.25, 0.3) is 0 Å². The van der Waals surface area contributed by atoms with Crippen molar-refractivity contribution in [2.45, 2.75) is 36.5 Å². The molecule has 0 radical (unpaired) electrons. The van der Waals surface area contributed by atoms with Crippen molar-refractivity contribution in [1.82, 2.24) is 10.2 Å². The lowest BCUT2D eigenvalue weighted by Crippen LogP contribution is -2.32. The molecule has 2 aromatic carbocycles. The summed E-state index contributed by atoms with van der Waals surface area (Å²) in [4.78, 5) is 12.5. The number of carbonyl (C=O) groups excluding carboxylic acids is 1. The first-order chi connectivity index (χ1) is 13.1. The standard InChI is InChI=1S/C20H21N3O2S2/c1-3-17(25-16-11-7-8-14(2)12-16)18(24)21-19-22-23-20(27-19)26-13-15-9-5-4-6-10-15/h4-12,17H,3,13H2,1-2H3,(H,21,22,24)/t17-/m0/s1. The van der Waals surface area contributed by atoms with Gasteiger partial charge in [0.1, 0.15) is 5.75 Å². The molecule has 5 nitrogen and oxygen atoms in total. The number of aromatic nitrogens is 2. The van der Waals surface area contributed by atoms with Crippen LogP contribution >= 0.6 is 23.1 Å². The quantitative estimate of drug-likeness (QED) is 0.430. The van der Waals surface area contributed by atoms with E-state index in [1.807, 2.05) is 56.3 Å². The highest BCUT2D eigenvalue weighted by Crippen LogP contribution is 2.28. The minimum Gasteiger partial charge on any atom is -0.481 e. The molecule has 1 heterocycles. The van der Waals surface area contributed by atoms with E-state index in [-0.39, 0.29) is 5.91 Å². The Balaban J connectivity index is 1.55. The zero-order valence-electron chi connectivity index (χ0n) is 15.2. The molecular weight excluding hydrogens is 378 g/mol. The Hall–Kier alpha value is -2.38. The molecule has 3 aromatic rings. The Kier molecular flexibility index (Phi) is 6.84. The summed E-state index contributed by atoms with van der Waals surface area (Å²) < 4.78 is 6.65. The van der Waals surface area contributed by atoms with Crippen molar-refractivity contribution < 1.29 is 9.53 Å². The van der Waals surface area contributed by atoms with Crippen LogP contribution in [0.4, 0.5) is 5.13 Å². The molecule has 0 spiro atoms. The fourth-order valence-corrected chi connectivity index (χ4v) is 4.11. The van der Waals surface area contributed by atoms with Gasteiger partial charge in [0.05, 0.1) is 0 Å². The zero-order chi connectivity index (χ0) is 19.1. The van der Waals surface area contributed by atoms with Gasteiger partial charge >= 0.3 is 0 Å². The summed E-state index contributed by atoms with van der Waals surface area (Å²) in [7, 11) is 0. The smallest absolute Gasteiger partial charge is 0.267 e. The van der Waals surface area contributed by atoms with Gasteiger partial charge in [-0.15, -0.1) is 10.2 Å². The van der Waals surface area contributed by atoms with Gasteiger partial charge in [-0.1, -0.05) is 72.5 Å². The number of anilines is 1. The summed E-state index contributed by atoms with van der Waals surface area (Å²) in [6, 6.07) is 17.8. The number of nitrogens with one attached hydrogen (secondary N) is 1. The second-order valence-electron chi connectivity index (χ2n) is 5.97. The molecule has 7 heteroatoms. The number of nitrogens with zero attached hydrogens (tertiary/aromatic N) is 2. The minimum atomic E-state index is -0.573. The predicted octanol–water partition coefficient (Wildman–Crippen LogP) is 4.93. The molecule has 0 bridgehead atoms. The summed E-state index contributed by atoms with van der Waals surface area (Å²) in [5, 5.41) is 11.5. The van der Waals surface area contributed by atoms with E-state index in [2.05, 4.69) is 27.6 Å². The highest BCUT2D eigenvalue weighted by Gasteiger charge is 2.20. The average Bonchev–Trinajstić information content (AvgIpc) is 3.12. The zero-order valence-corrected chi connectivity index (χ0v) is 16.8. The summed E-state index contributed by atoms with van der Waals surface area (Å²) in [6.45, 7) is 3.91. The molecule has 27 heavy (non-hydrogen) atoms. The summed E-state index contributed by atoms with van der Waals surface area (Å²) in [6.07, 6.45) is -0.00935. The van der Waals surface area contributed by atoms with Gasteiger partial charge < -0.3 is 4.74 Å². The molecule has 140 valence electrons. The number of rotatable bonds is 8. The van der Waals surface area contributed by atoms with Crippen LogP contribution in [0.2, 0.25) is 0 Å². The molecule has 3 rings (SSSR count). The highest BCUT2D eigenvalue weighted by molar-refractivity contribution is 8.00. The first-order valence-electron chi connectivity index (χ1n) is 8.68. The lowest BCUT2D eigenvalue weighted by molar-refractivity contribution is -0.122. The third kappa shape index (κ3) is 5.80. The SMILES string of the molecule is CC[C@H](Oc1cccc(C)c1)C(=O)Nc1nnc(SCc2ccccc2)s1. The van der Waals surface area contributed by atoms with Crippen molar-refractivity contribution in [3.05, 3.63) is 65.7 Å². The summed E-state index contributed by atoms with van der Waals surface area (Å²) in [5.41, 5.74) is 2.31. The topological polar surface area (TPSA) is 64.1 Å². The molecule has 0 aliphatic carbocycles. The molecule has 1 N–H and O–H groups in total. The van der Waals surface area contributed by atoms with Gasteiger partial charge in [0.25, 0.3) is 5.91 Å². The van der Waals surface area contributed by atoms with E-state index in [1.165, 1.54) is 16.9 Å². The Morgan fingerprint density at radius 2 is 2.00 bits per heavy atom. The van der Waals surface area contributed by atoms with Gasteiger partial charge in [-0.25, -0.2) is 0 Å². The van der Waals surface area contributed by atoms with Crippen LogP contribution in [-0.2, 0) is 10.5 Å². The minimum absolute atomic E-state index is 0.213. The highest BCUT2D eigenvalue weighted by atomic mass is 32.2. The van der Waals surface area contributed by atoms with E-state index in [1.54, 1.807) is 11.8 Å². The number of thioether (sulfide) groups is 1. The van der Waals surface area contributed by atoms with E-state index in [9.17, 15) is 4.79 Å². The maximum atomic E-state index is 12.5. The molecule has 1 amide bonds. The fraction of sp³-hybridized carbons (Fsp3) is 0.250. The van der Waals surface area contributed by atoms with Crippen molar-refractivity contribution in [3.8, 4) is 5.75 Å². The third-order valence-corrected chi connectivity index (χ3v) is 5.82. The van der Waals surface area contributed by atoms with Crippen LogP contribution in [-0.4, -0.2) is 22.2 Å². The Labute approximate surface area is 167 Å². The molecule has 1 atom stereocenters. The molecule has 0 aliphatic rings. The second kappa shape index (κ2) is 9.53. The largest absolute Gasteiger partial charge is 0.481 e. The van der Waals surface area contributed by atoms with Crippen molar-refractivity contribution in [2.24, 2.45) is 0 Å². The number of benzene rings is 2. The normalized spacial score (nSPS) is 11.8. The van der Waals surface area contributed by atoms with Gasteiger partial charge in [-0.3, -0.25) is 10.1 Å². The lowest BCUT2D eigenvalue weighted by atomic mass is 10.2. The maximum absolute atomic E-state index is 12.5. The molecule has 0 saturated carbocycles. The van der Waals surface area contributed by atoms with Crippen molar-refractivity contribution in [1.29, 1.82) is 0 Å². The van der Waals surface area contributed by atoms with Crippen LogP contribution in [0, 0.1) is 6.92 Å². The first kappa shape index (κ1) is 19.4. The molecule has 0 aliphatic heterocycles. The number of hydrogen-bond acceptors (Lipinski definition) is 6. The van der Waals surface area contributed by atoms with Crippen molar-refractivity contribution in [3.63, 3.8) is 0 Å². The van der Waals surface area contributed by atoms with E-state index < -0.39 is 6.10 Å². The predicted molar refractivity (Wildman–Crippen MR) is 110 cm³/mol. The van der Waals surface area contributed by atoms with Crippen LogP contribution in [0.1, 0.15) is 24.5 Å². The lowest BCUT2D eigenvalue weighted by Gasteiger charge is -2.16. The van der Waals surface area contributed by atoms with Crippen LogP contribution in [0.15, 0.2) is 58.9 Å². The number of ether oxygens (including phenoxy) is 1. The Morgan fingerprint density at radius 1 is 1.19 bits per heavy atom. The van der Waals surface area contributed by atoms with Crippen LogP contribution < -0.4 is 10.1 Å². The maximum Gasteiger partial charge on any atom is 0.267 e. The number of hydrogen-bond donors (Lipinski definition) is 1. The van der Waals surface area contributed by atoms with Crippen molar-refractivity contribution >= 4 is 34.1 Å². The Bertz CT molecular complexity index is 884. The molecule has 0 fully saturated rings. The van der Waals surface area contributed by atoms with E-state index in [4.69, 9.17) is 4.74 Å². The van der Waals surface area contributed by atoms with Crippen LogP contribution in [0.5, 0.6) is 5.75 Å². The second-order valence-corrected chi connectivity index (χ2v) is 8.17. The van der Waals surface area contributed by atoms with Crippen LogP contribution in [0.3, 0.4) is 0 Å². The number of amides is 1. The van der Waals surface area contributed by atoms with Gasteiger partial charge in [0.15, 0.2) is 10.4 Å². The van der Waals surface area contributed by atoms with E-state index in [0.29, 0.717) is 17.3 Å². The average molecular weight is 400 g/mol. The Morgan fingerprint density at radius 3 is 2.74 bits per heavy atom. The van der Waals surface area contributed by atoms with Gasteiger partial charge in [-0.05, 0) is 36.6 Å². The number of carbonyl (C=O) groups is 1. The molecule has 0 saturated heterocycles. The van der Waals surface area contributed by atoms with E-state index in [0.717, 1.165) is 15.7 Å². The molecular formula is C20H21N3O2S2. The first-order valence-corrected chi connectivity index (χ1v) is 10.5. The fourth-order valence-electron chi connectivity index (χ4n) is 2.40. The number of aryl methyl sites for hydroxylation is 1. The monoisotopic (exact) mass is 399 g/mol. The molecule has 0 unspecified atom stereocenters. The van der Waals surface area contributed by atoms with Gasteiger partial charge in [0, 0.05) is 5.75 Å². The van der Waals surface area contributed by atoms with E-state index >= 15 is 0 Å². The van der Waals surface area contributed by atoms with Crippen molar-refractivity contribution in [2.75, 3.05) is 5.32 Å². The molecule has 1 aromatic heterocycles. The third-order valence-electron chi connectivity index (χ3n) is 3.77. The van der Waals surface area contributed by atoms with Gasteiger partial charge in [-0.2, -0.15) is 0 Å². The van der Waals surface area contributed by atoms with Gasteiger partial charge in [0.2, 0.25) is 5.13 Å².